The third kappa shape index (κ3) is 5.16. The minimum Gasteiger partial charge on any atom is -0.489 e. The first kappa shape index (κ1) is 22.8. The Bertz CT molecular complexity index is 1150. The number of aromatic carboxylic acids is 1. The molecule has 3 aromatic rings. The van der Waals surface area contributed by atoms with Gasteiger partial charge in [-0.2, -0.15) is 13.2 Å². The van der Waals surface area contributed by atoms with Gasteiger partial charge in [0.15, 0.2) is 0 Å². The van der Waals surface area contributed by atoms with Crippen molar-refractivity contribution in [2.45, 2.75) is 43.9 Å². The smallest absolute Gasteiger partial charge is 0.416 e. The molecule has 8 heteroatoms. The van der Waals surface area contributed by atoms with Crippen molar-refractivity contribution >= 4 is 5.97 Å². The van der Waals surface area contributed by atoms with E-state index in [2.05, 4.69) is 4.98 Å². The molecule has 0 spiro atoms. The number of pyridine rings is 1. The molecule has 2 atom stereocenters. The summed E-state index contributed by atoms with van der Waals surface area (Å²) >= 11 is 0. The van der Waals surface area contributed by atoms with E-state index in [9.17, 15) is 27.5 Å². The lowest BCUT2D eigenvalue weighted by Gasteiger charge is -2.24. The van der Waals surface area contributed by atoms with Crippen LogP contribution in [0.5, 0.6) is 5.75 Å². The van der Waals surface area contributed by atoms with Crippen molar-refractivity contribution < 1.29 is 32.2 Å². The van der Waals surface area contributed by atoms with Crippen LogP contribution in [0.25, 0.3) is 0 Å². The summed E-state index contributed by atoms with van der Waals surface area (Å²) in [6.45, 7) is 0.0778. The molecule has 1 aromatic heterocycles. The van der Waals surface area contributed by atoms with E-state index in [-0.39, 0.29) is 30.0 Å². The van der Waals surface area contributed by atoms with Gasteiger partial charge in [-0.25, -0.2) is 14.2 Å². The standard InChI is InChI=1S/C25H21F4NO3/c26-18-7-4-15(5-8-18)14-33-23-9-6-17(25(27,28)29)13-21(23)20-3-1-2-19(20)16-10-11-30-22(12-16)24(31)32/h4-13,19-20H,1-3,14H2,(H,31,32). The minimum atomic E-state index is -4.51. The van der Waals surface area contributed by atoms with Gasteiger partial charge in [0.05, 0.1) is 5.56 Å². The number of carboxylic acids is 1. The summed E-state index contributed by atoms with van der Waals surface area (Å²) in [6.07, 6.45) is -0.962. The van der Waals surface area contributed by atoms with Gasteiger partial charge in [0.25, 0.3) is 0 Å². The second-order valence-electron chi connectivity index (χ2n) is 8.09. The lowest BCUT2D eigenvalue weighted by molar-refractivity contribution is -0.137. The number of alkyl halides is 3. The van der Waals surface area contributed by atoms with Crippen molar-refractivity contribution in [1.82, 2.24) is 4.98 Å². The molecule has 1 saturated carbocycles. The van der Waals surface area contributed by atoms with Crippen molar-refractivity contribution in [2.24, 2.45) is 0 Å². The van der Waals surface area contributed by atoms with Crippen LogP contribution in [0.3, 0.4) is 0 Å². The SMILES string of the molecule is O=C(O)c1cc(C2CCCC2c2cc(C(F)(F)F)ccc2OCc2ccc(F)cc2)ccn1. The van der Waals surface area contributed by atoms with Crippen LogP contribution < -0.4 is 4.74 Å². The van der Waals surface area contributed by atoms with Gasteiger partial charge in [-0.1, -0.05) is 18.6 Å². The average molecular weight is 459 g/mol. The van der Waals surface area contributed by atoms with Crippen LogP contribution in [-0.4, -0.2) is 16.1 Å². The van der Waals surface area contributed by atoms with Crippen LogP contribution in [0.2, 0.25) is 0 Å². The number of carbonyl (C=O) groups is 1. The highest BCUT2D eigenvalue weighted by molar-refractivity contribution is 5.85. The number of nitrogens with zero attached hydrogens (tertiary/aromatic N) is 1. The third-order valence-corrected chi connectivity index (χ3v) is 5.99. The molecular weight excluding hydrogens is 438 g/mol. The zero-order valence-corrected chi connectivity index (χ0v) is 17.5. The van der Waals surface area contributed by atoms with Crippen LogP contribution in [0.15, 0.2) is 60.8 Å². The molecule has 0 radical (unpaired) electrons. The molecule has 1 aliphatic rings. The number of hydrogen-bond donors (Lipinski definition) is 1. The fraction of sp³-hybridized carbons (Fsp3) is 0.280. The maximum atomic E-state index is 13.5. The molecule has 1 aliphatic carbocycles. The fourth-order valence-electron chi connectivity index (χ4n) is 4.41. The van der Waals surface area contributed by atoms with Gasteiger partial charge < -0.3 is 9.84 Å². The third-order valence-electron chi connectivity index (χ3n) is 5.99. The van der Waals surface area contributed by atoms with E-state index in [0.717, 1.165) is 24.1 Å². The molecule has 0 saturated heterocycles. The van der Waals surface area contributed by atoms with Gasteiger partial charge >= 0.3 is 12.1 Å². The molecule has 1 N–H and O–H groups in total. The van der Waals surface area contributed by atoms with Crippen molar-refractivity contribution in [3.8, 4) is 5.75 Å². The highest BCUT2D eigenvalue weighted by Gasteiger charge is 2.36. The molecule has 1 fully saturated rings. The predicted molar refractivity (Wildman–Crippen MR) is 113 cm³/mol. The molecule has 2 aromatic carbocycles. The number of rotatable bonds is 6. The van der Waals surface area contributed by atoms with Gasteiger partial charge in [-0.3, -0.25) is 0 Å². The molecular formula is C25H21F4NO3. The fourth-order valence-corrected chi connectivity index (χ4v) is 4.41. The van der Waals surface area contributed by atoms with Crippen LogP contribution >= 0.6 is 0 Å². The van der Waals surface area contributed by atoms with Crippen LogP contribution in [0, 0.1) is 5.82 Å². The van der Waals surface area contributed by atoms with Crippen molar-refractivity contribution in [2.75, 3.05) is 0 Å². The summed E-state index contributed by atoms with van der Waals surface area (Å²) in [5.74, 6) is -1.66. The van der Waals surface area contributed by atoms with E-state index >= 15 is 0 Å². The predicted octanol–water partition coefficient (Wildman–Crippen LogP) is 6.57. The molecule has 0 aliphatic heterocycles. The minimum absolute atomic E-state index is 0.0778. The van der Waals surface area contributed by atoms with E-state index in [4.69, 9.17) is 4.74 Å². The second kappa shape index (κ2) is 9.21. The van der Waals surface area contributed by atoms with E-state index in [1.165, 1.54) is 30.5 Å². The first-order valence-corrected chi connectivity index (χ1v) is 10.5. The molecule has 0 amide bonds. The summed E-state index contributed by atoms with van der Waals surface area (Å²) in [5, 5.41) is 9.27. The number of ether oxygens (including phenoxy) is 1. The average Bonchev–Trinajstić information content (AvgIpc) is 3.28. The second-order valence-corrected chi connectivity index (χ2v) is 8.09. The number of aromatic nitrogens is 1. The van der Waals surface area contributed by atoms with Gasteiger partial charge in [0.1, 0.15) is 23.9 Å². The monoisotopic (exact) mass is 459 g/mol. The molecule has 4 nitrogen and oxygen atoms in total. The maximum Gasteiger partial charge on any atom is 0.416 e. The maximum absolute atomic E-state index is 13.5. The van der Waals surface area contributed by atoms with Crippen LogP contribution in [0.1, 0.15) is 63.8 Å². The number of hydrogen-bond acceptors (Lipinski definition) is 3. The Morgan fingerprint density at radius 1 is 1.03 bits per heavy atom. The van der Waals surface area contributed by atoms with Crippen molar-refractivity contribution in [1.29, 1.82) is 0 Å². The van der Waals surface area contributed by atoms with Gasteiger partial charge in [0, 0.05) is 6.20 Å². The van der Waals surface area contributed by atoms with E-state index < -0.39 is 17.7 Å². The molecule has 172 valence electrons. The van der Waals surface area contributed by atoms with Crippen LogP contribution in [0.4, 0.5) is 17.6 Å². The Morgan fingerprint density at radius 3 is 2.45 bits per heavy atom. The van der Waals surface area contributed by atoms with E-state index in [1.807, 2.05) is 0 Å². The first-order chi connectivity index (χ1) is 15.7. The van der Waals surface area contributed by atoms with Crippen LogP contribution in [-0.2, 0) is 12.8 Å². The first-order valence-electron chi connectivity index (χ1n) is 10.5. The number of halogens is 4. The quantitative estimate of drug-likeness (QED) is 0.424. The van der Waals surface area contributed by atoms with Gasteiger partial charge in [-0.15, -0.1) is 0 Å². The van der Waals surface area contributed by atoms with Gasteiger partial charge in [-0.05, 0) is 83.8 Å². The molecule has 0 bridgehead atoms. The van der Waals surface area contributed by atoms with E-state index in [1.54, 1.807) is 18.2 Å². The van der Waals surface area contributed by atoms with E-state index in [0.29, 0.717) is 29.7 Å². The number of benzene rings is 2. The Labute approximate surface area is 187 Å². The Morgan fingerprint density at radius 2 is 1.76 bits per heavy atom. The van der Waals surface area contributed by atoms with Gasteiger partial charge in [0.2, 0.25) is 0 Å². The summed E-state index contributed by atoms with van der Waals surface area (Å²) in [7, 11) is 0. The zero-order chi connectivity index (χ0) is 23.6. The topological polar surface area (TPSA) is 59.4 Å². The Kier molecular flexibility index (Phi) is 6.35. The zero-order valence-electron chi connectivity index (χ0n) is 17.5. The van der Waals surface area contributed by atoms with Crippen molar-refractivity contribution in [3.63, 3.8) is 0 Å². The summed E-state index contributed by atoms with van der Waals surface area (Å²) in [5.41, 5.74) is 0.980. The largest absolute Gasteiger partial charge is 0.489 e. The highest BCUT2D eigenvalue weighted by Crippen LogP contribution is 2.49. The molecule has 2 unspecified atom stereocenters. The van der Waals surface area contributed by atoms with Crippen molar-refractivity contribution in [3.05, 3.63) is 94.6 Å². The summed E-state index contributed by atoms with van der Waals surface area (Å²) in [6, 6.07) is 12.3. The normalized spacial score (nSPS) is 18.3. The Balaban J connectivity index is 1.69. The molecule has 1 heterocycles. The molecule has 4 rings (SSSR count). The summed E-state index contributed by atoms with van der Waals surface area (Å²) in [4.78, 5) is 15.2. The lowest BCUT2D eigenvalue weighted by Crippen LogP contribution is -2.12. The molecule has 33 heavy (non-hydrogen) atoms. The summed E-state index contributed by atoms with van der Waals surface area (Å²) < 4.78 is 59.5. The Hall–Kier alpha value is -3.42. The lowest BCUT2D eigenvalue weighted by atomic mass is 9.83. The number of carboxylic acid groups (broad SMARTS) is 1. The highest BCUT2D eigenvalue weighted by atomic mass is 19.4.